The highest BCUT2D eigenvalue weighted by Crippen LogP contribution is 2.27. The number of carboxylic acid groups (broad SMARTS) is 1. The van der Waals surface area contributed by atoms with Crippen molar-refractivity contribution in [1.29, 1.82) is 0 Å². The van der Waals surface area contributed by atoms with Gasteiger partial charge in [0.25, 0.3) is 11.5 Å². The predicted octanol–water partition coefficient (Wildman–Crippen LogP) is 3.45. The van der Waals surface area contributed by atoms with Crippen molar-refractivity contribution in [3.8, 4) is 0 Å². The molecule has 44 heavy (non-hydrogen) atoms. The molecule has 0 radical (unpaired) electrons. The first-order valence-electron chi connectivity index (χ1n) is 14.4. The molecule has 4 rings (SSSR count). The number of pyridine rings is 1. The lowest BCUT2D eigenvalue weighted by Gasteiger charge is -2.34. The van der Waals surface area contributed by atoms with Gasteiger partial charge in [-0.05, 0) is 58.1 Å². The highest BCUT2D eigenvalue weighted by atomic mass is 32.1. The van der Waals surface area contributed by atoms with Crippen molar-refractivity contribution >= 4 is 52.0 Å². The summed E-state index contributed by atoms with van der Waals surface area (Å²) in [5.41, 5.74) is 0.766. The van der Waals surface area contributed by atoms with E-state index in [0.717, 1.165) is 24.7 Å². The van der Waals surface area contributed by atoms with Crippen molar-refractivity contribution in [1.82, 2.24) is 24.6 Å². The van der Waals surface area contributed by atoms with Crippen molar-refractivity contribution in [2.75, 3.05) is 50.5 Å². The van der Waals surface area contributed by atoms with Crippen LogP contribution in [0.25, 0.3) is 11.7 Å². The van der Waals surface area contributed by atoms with E-state index in [9.17, 15) is 24.3 Å². The summed E-state index contributed by atoms with van der Waals surface area (Å²) in [6.45, 7) is 8.21. The summed E-state index contributed by atoms with van der Waals surface area (Å²) in [4.78, 5) is 63.5. The number of aliphatic carboxylic acids is 1. The molecule has 3 aromatic heterocycles. The Morgan fingerprint density at radius 3 is 2.70 bits per heavy atom. The number of amides is 2. The number of aromatic nitrogens is 3. The Hall–Kier alpha value is -4.30. The van der Waals surface area contributed by atoms with Crippen molar-refractivity contribution < 1.29 is 24.2 Å². The summed E-state index contributed by atoms with van der Waals surface area (Å²) < 4.78 is 6.92. The molecule has 3 N–H and O–H groups in total. The monoisotopic (exact) mass is 625 g/mol. The van der Waals surface area contributed by atoms with E-state index in [1.54, 1.807) is 0 Å². The summed E-state index contributed by atoms with van der Waals surface area (Å²) >= 11 is 1.33. The van der Waals surface area contributed by atoms with Crippen LogP contribution in [-0.2, 0) is 14.9 Å². The van der Waals surface area contributed by atoms with Crippen LogP contribution in [0.1, 0.15) is 61.6 Å². The van der Waals surface area contributed by atoms with E-state index in [2.05, 4.69) is 15.6 Å². The maximum Gasteiger partial charge on any atom is 0.407 e. The third kappa shape index (κ3) is 8.41. The zero-order valence-corrected chi connectivity index (χ0v) is 26.4. The molecule has 1 saturated heterocycles. The van der Waals surface area contributed by atoms with Crippen molar-refractivity contribution in [3.05, 3.63) is 57.0 Å². The van der Waals surface area contributed by atoms with Crippen LogP contribution in [0, 0.1) is 0 Å². The van der Waals surface area contributed by atoms with Crippen molar-refractivity contribution in [3.63, 3.8) is 0 Å². The standard InChI is InChI=1S/C30H39N7O6S/c1-30(2,3)22-18-44-28(32-22)34-26(40)19-11-15-37-23(16-19)33-25(21(27(37)41)9-10-24(38)39)36-14-6-8-20(17-36)43-29(42)31-12-7-13-35(4)5/h9-11,15-16,18,20H,6-8,12-14,17H2,1-5H3,(H,31,42)(H,38,39)(H,32,34,40)/t20-/m1/s1. The Morgan fingerprint density at radius 1 is 1.25 bits per heavy atom. The molecule has 0 bridgehead atoms. The minimum atomic E-state index is -1.21. The molecule has 2 amide bonds. The zero-order chi connectivity index (χ0) is 32.0. The number of fused-ring (bicyclic) bond motifs is 1. The van der Waals surface area contributed by atoms with Gasteiger partial charge in [-0.15, -0.1) is 11.3 Å². The summed E-state index contributed by atoms with van der Waals surface area (Å²) in [6.07, 6.45) is 4.64. The molecular formula is C30H39N7O6S. The van der Waals surface area contributed by atoms with Gasteiger partial charge in [-0.3, -0.25) is 19.3 Å². The number of carbonyl (C=O) groups is 3. The van der Waals surface area contributed by atoms with Gasteiger partial charge in [0.15, 0.2) is 5.13 Å². The number of hydrogen-bond donors (Lipinski definition) is 3. The molecule has 1 fully saturated rings. The van der Waals surface area contributed by atoms with Gasteiger partial charge < -0.3 is 25.0 Å². The number of alkyl carbamates (subject to hydrolysis) is 1. The van der Waals surface area contributed by atoms with Gasteiger partial charge in [0.05, 0.1) is 17.8 Å². The number of piperidine rings is 1. The average molecular weight is 626 g/mol. The van der Waals surface area contributed by atoms with Gasteiger partial charge in [-0.2, -0.15) is 0 Å². The van der Waals surface area contributed by atoms with Gasteiger partial charge in [0.2, 0.25) is 0 Å². The number of thiazole rings is 1. The number of ether oxygens (including phenoxy) is 1. The maximum atomic E-state index is 13.6. The molecule has 4 heterocycles. The Bertz CT molecular complexity index is 1610. The summed E-state index contributed by atoms with van der Waals surface area (Å²) in [5, 5.41) is 17.2. The number of anilines is 2. The fourth-order valence-corrected chi connectivity index (χ4v) is 5.61. The van der Waals surface area contributed by atoms with Gasteiger partial charge in [-0.25, -0.2) is 19.6 Å². The quantitative estimate of drug-likeness (QED) is 0.225. The number of nitrogens with zero attached hydrogens (tertiary/aromatic N) is 5. The minimum absolute atomic E-state index is 0.0772. The second-order valence-electron chi connectivity index (χ2n) is 11.9. The molecule has 1 atom stereocenters. The molecule has 0 unspecified atom stereocenters. The van der Waals surface area contributed by atoms with E-state index in [4.69, 9.17) is 9.72 Å². The molecule has 13 nitrogen and oxygen atoms in total. The third-order valence-electron chi connectivity index (χ3n) is 7.00. The van der Waals surface area contributed by atoms with Gasteiger partial charge in [0, 0.05) is 41.7 Å². The predicted molar refractivity (Wildman–Crippen MR) is 170 cm³/mol. The Kier molecular flexibility index (Phi) is 10.4. The second-order valence-corrected chi connectivity index (χ2v) is 12.8. The number of hydrogen-bond acceptors (Lipinski definition) is 10. The van der Waals surface area contributed by atoms with Crippen molar-refractivity contribution in [2.45, 2.75) is 51.6 Å². The third-order valence-corrected chi connectivity index (χ3v) is 7.75. The van der Waals surface area contributed by atoms with Crippen molar-refractivity contribution in [2.24, 2.45) is 0 Å². The fraction of sp³-hybridized carbons (Fsp3) is 0.467. The van der Waals surface area contributed by atoms with E-state index in [0.29, 0.717) is 31.1 Å². The number of nitrogens with one attached hydrogen (secondary N) is 2. The molecular weight excluding hydrogens is 586 g/mol. The highest BCUT2D eigenvalue weighted by molar-refractivity contribution is 7.14. The number of carbonyl (C=O) groups excluding carboxylic acids is 2. The first-order valence-corrected chi connectivity index (χ1v) is 15.3. The van der Waals surface area contributed by atoms with Crippen LogP contribution in [0.3, 0.4) is 0 Å². The van der Waals surface area contributed by atoms with E-state index >= 15 is 0 Å². The molecule has 0 aliphatic carbocycles. The molecule has 0 saturated carbocycles. The molecule has 3 aromatic rings. The highest BCUT2D eigenvalue weighted by Gasteiger charge is 2.27. The topological polar surface area (TPSA) is 158 Å². The largest absolute Gasteiger partial charge is 0.478 e. The van der Waals surface area contributed by atoms with Crippen LogP contribution in [-0.4, -0.2) is 88.7 Å². The van der Waals surface area contributed by atoms with E-state index in [-0.39, 0.29) is 34.6 Å². The normalized spacial score (nSPS) is 15.6. The molecule has 0 aromatic carbocycles. The smallest absolute Gasteiger partial charge is 0.407 e. The second kappa shape index (κ2) is 14.0. The summed E-state index contributed by atoms with van der Waals surface area (Å²) in [6, 6.07) is 3.00. The van der Waals surface area contributed by atoms with E-state index in [1.165, 1.54) is 40.1 Å². The van der Waals surface area contributed by atoms with Crippen LogP contribution in [0.5, 0.6) is 0 Å². The molecule has 0 spiro atoms. The molecule has 1 aliphatic heterocycles. The number of rotatable bonds is 10. The SMILES string of the molecule is CN(C)CCCNC(=O)O[C@@H]1CCCN(c2nc3cc(C(=O)Nc4nc(C(C)(C)C)cs4)ccn3c(=O)c2C=CC(=O)O)C1. The number of carboxylic acids is 1. The minimum Gasteiger partial charge on any atom is -0.478 e. The Labute approximate surface area is 259 Å². The maximum absolute atomic E-state index is 13.6. The average Bonchev–Trinajstić information content (AvgIpc) is 3.43. The Balaban J connectivity index is 1.59. The van der Waals surface area contributed by atoms with Crippen LogP contribution in [0.2, 0.25) is 0 Å². The lowest BCUT2D eigenvalue weighted by Crippen LogP contribution is -2.43. The van der Waals surface area contributed by atoms with Crippen LogP contribution in [0.4, 0.5) is 15.7 Å². The van der Waals surface area contributed by atoms with Crippen LogP contribution >= 0.6 is 11.3 Å². The van der Waals surface area contributed by atoms with Crippen LogP contribution < -0.4 is 21.1 Å². The summed E-state index contributed by atoms with van der Waals surface area (Å²) in [5.74, 6) is -1.37. The Morgan fingerprint density at radius 2 is 2.02 bits per heavy atom. The lowest BCUT2D eigenvalue weighted by atomic mass is 9.93. The lowest BCUT2D eigenvalue weighted by molar-refractivity contribution is -0.131. The summed E-state index contributed by atoms with van der Waals surface area (Å²) in [7, 11) is 3.92. The van der Waals surface area contributed by atoms with E-state index < -0.39 is 29.6 Å². The molecule has 14 heteroatoms. The van der Waals surface area contributed by atoms with Gasteiger partial charge in [-0.1, -0.05) is 20.8 Å². The molecule has 236 valence electrons. The van der Waals surface area contributed by atoms with Gasteiger partial charge >= 0.3 is 12.1 Å². The van der Waals surface area contributed by atoms with Crippen LogP contribution in [0.15, 0.2) is 34.6 Å². The zero-order valence-electron chi connectivity index (χ0n) is 25.6. The first-order chi connectivity index (χ1) is 20.8. The van der Waals surface area contributed by atoms with Gasteiger partial charge in [0.1, 0.15) is 17.6 Å². The fourth-order valence-electron chi connectivity index (χ4n) is 4.67. The first kappa shape index (κ1) is 32.6. The van der Waals surface area contributed by atoms with E-state index in [1.807, 2.05) is 50.0 Å². The molecule has 1 aliphatic rings.